The van der Waals surface area contributed by atoms with Crippen LogP contribution in [0.2, 0.25) is 0 Å². The third kappa shape index (κ3) is 3.63. The summed E-state index contributed by atoms with van der Waals surface area (Å²) in [5.74, 6) is -1.95. The quantitative estimate of drug-likeness (QED) is 0.834. The second-order valence-electron chi connectivity index (χ2n) is 6.88. The summed E-state index contributed by atoms with van der Waals surface area (Å²) in [4.78, 5) is 30.2. The fraction of sp³-hybridized carbons (Fsp3) is 0.471. The SMILES string of the molecule is O=C(NC1CN2CCC1CC2)c1cc2c(NC(=O)C(F)(F)F)csc2cn1. The number of alkyl halides is 3. The van der Waals surface area contributed by atoms with Crippen LogP contribution in [0.3, 0.4) is 0 Å². The predicted molar refractivity (Wildman–Crippen MR) is 94.7 cm³/mol. The number of nitrogens with zero attached hydrogens (tertiary/aromatic N) is 2. The number of aromatic nitrogens is 1. The minimum atomic E-state index is -4.98. The maximum atomic E-state index is 12.6. The number of hydrogen-bond acceptors (Lipinski definition) is 5. The molecular weight excluding hydrogens is 381 g/mol. The first-order valence-corrected chi connectivity index (χ1v) is 9.48. The average Bonchev–Trinajstić information content (AvgIpc) is 3.04. The predicted octanol–water partition coefficient (Wildman–Crippen LogP) is 2.62. The summed E-state index contributed by atoms with van der Waals surface area (Å²) in [5.41, 5.74) is 0.150. The van der Waals surface area contributed by atoms with Gasteiger partial charge in [-0.2, -0.15) is 13.2 Å². The zero-order valence-corrected chi connectivity index (χ0v) is 15.0. The van der Waals surface area contributed by atoms with E-state index in [0.717, 1.165) is 43.8 Å². The summed E-state index contributed by atoms with van der Waals surface area (Å²) in [6.07, 6.45) is -1.43. The van der Waals surface area contributed by atoms with Gasteiger partial charge in [0.1, 0.15) is 5.69 Å². The molecule has 3 aliphatic heterocycles. The highest BCUT2D eigenvalue weighted by Gasteiger charge is 2.39. The molecule has 144 valence electrons. The maximum Gasteiger partial charge on any atom is 0.471 e. The lowest BCUT2D eigenvalue weighted by molar-refractivity contribution is -0.167. The molecule has 0 aromatic carbocycles. The Bertz CT molecular complexity index is 890. The first-order chi connectivity index (χ1) is 12.8. The number of carbonyl (C=O) groups excluding carboxylic acids is 2. The van der Waals surface area contributed by atoms with E-state index in [0.29, 0.717) is 16.0 Å². The summed E-state index contributed by atoms with van der Waals surface area (Å²) in [6.45, 7) is 2.92. The zero-order valence-electron chi connectivity index (χ0n) is 14.2. The lowest BCUT2D eigenvalue weighted by atomic mass is 9.84. The Morgan fingerprint density at radius 2 is 2.00 bits per heavy atom. The number of anilines is 1. The van der Waals surface area contributed by atoms with Gasteiger partial charge in [0.2, 0.25) is 0 Å². The number of rotatable bonds is 3. The van der Waals surface area contributed by atoms with Gasteiger partial charge in [0.05, 0.1) is 10.4 Å². The van der Waals surface area contributed by atoms with E-state index in [1.807, 2.05) is 5.32 Å². The van der Waals surface area contributed by atoms with E-state index in [1.54, 1.807) is 0 Å². The van der Waals surface area contributed by atoms with E-state index in [1.165, 1.54) is 17.6 Å². The van der Waals surface area contributed by atoms with Crippen molar-refractivity contribution in [2.75, 3.05) is 25.0 Å². The van der Waals surface area contributed by atoms with Gasteiger partial charge in [-0.15, -0.1) is 11.3 Å². The highest BCUT2D eigenvalue weighted by molar-refractivity contribution is 7.17. The van der Waals surface area contributed by atoms with Crippen LogP contribution in [0.1, 0.15) is 23.3 Å². The first-order valence-electron chi connectivity index (χ1n) is 8.60. The monoisotopic (exact) mass is 398 g/mol. The molecule has 2 N–H and O–H groups in total. The van der Waals surface area contributed by atoms with Gasteiger partial charge in [-0.1, -0.05) is 0 Å². The zero-order chi connectivity index (χ0) is 19.2. The highest BCUT2D eigenvalue weighted by atomic mass is 32.1. The molecule has 3 fully saturated rings. The number of carbonyl (C=O) groups is 2. The number of fused-ring (bicyclic) bond motifs is 4. The minimum Gasteiger partial charge on any atom is -0.346 e. The number of nitrogens with one attached hydrogen (secondary N) is 2. The van der Waals surface area contributed by atoms with Crippen molar-refractivity contribution < 1.29 is 22.8 Å². The standard InChI is InChI=1S/C17H17F3N4O2S/c18-17(19,20)16(26)23-13-8-27-14-6-21-11(5-10(13)14)15(25)22-12-7-24-3-1-9(12)2-4-24/h5-6,8-9,12H,1-4,7H2,(H,22,25)(H,23,26). The van der Waals surface area contributed by atoms with Crippen molar-refractivity contribution >= 4 is 38.9 Å². The Labute approximate surface area is 156 Å². The van der Waals surface area contributed by atoms with Gasteiger partial charge in [-0.25, -0.2) is 4.98 Å². The second-order valence-corrected chi connectivity index (χ2v) is 7.80. The van der Waals surface area contributed by atoms with Crippen molar-refractivity contribution in [2.45, 2.75) is 25.1 Å². The summed E-state index contributed by atoms with van der Waals surface area (Å²) in [5, 5.41) is 6.63. The molecule has 0 aliphatic carbocycles. The Morgan fingerprint density at radius 1 is 1.26 bits per heavy atom. The van der Waals surface area contributed by atoms with E-state index in [4.69, 9.17) is 0 Å². The van der Waals surface area contributed by atoms with Crippen LogP contribution < -0.4 is 10.6 Å². The molecule has 0 radical (unpaired) electrons. The van der Waals surface area contributed by atoms with Crippen LogP contribution in [0.4, 0.5) is 18.9 Å². The molecule has 6 nitrogen and oxygen atoms in total. The molecule has 2 amide bonds. The molecule has 10 heteroatoms. The molecular formula is C17H17F3N4O2S. The molecule has 3 aliphatic rings. The second kappa shape index (κ2) is 6.75. The third-order valence-electron chi connectivity index (χ3n) is 5.17. The van der Waals surface area contributed by atoms with Crippen molar-refractivity contribution in [2.24, 2.45) is 5.92 Å². The highest BCUT2D eigenvalue weighted by Crippen LogP contribution is 2.32. The summed E-state index contributed by atoms with van der Waals surface area (Å²) >= 11 is 1.15. The summed E-state index contributed by atoms with van der Waals surface area (Å²) < 4.78 is 38.1. The first kappa shape index (κ1) is 18.2. The van der Waals surface area contributed by atoms with Crippen LogP contribution >= 0.6 is 11.3 Å². The molecule has 0 saturated carbocycles. The third-order valence-corrected chi connectivity index (χ3v) is 6.11. The number of hydrogen-bond donors (Lipinski definition) is 2. The van der Waals surface area contributed by atoms with Gasteiger partial charge in [-0.05, 0) is 37.9 Å². The van der Waals surface area contributed by atoms with Gasteiger partial charge >= 0.3 is 12.1 Å². The van der Waals surface area contributed by atoms with Crippen LogP contribution in [-0.2, 0) is 4.79 Å². The molecule has 3 saturated heterocycles. The minimum absolute atomic E-state index is 0.0246. The van der Waals surface area contributed by atoms with Gasteiger partial charge in [-0.3, -0.25) is 9.59 Å². The largest absolute Gasteiger partial charge is 0.471 e. The Kier molecular flexibility index (Phi) is 4.55. The molecule has 1 atom stereocenters. The maximum absolute atomic E-state index is 12.6. The number of amides is 2. The van der Waals surface area contributed by atoms with Gasteiger partial charge in [0, 0.05) is 29.5 Å². The molecule has 5 rings (SSSR count). The van der Waals surface area contributed by atoms with Crippen LogP contribution in [0, 0.1) is 5.92 Å². The van der Waals surface area contributed by atoms with Crippen LogP contribution in [0.25, 0.3) is 10.1 Å². The van der Waals surface area contributed by atoms with Gasteiger partial charge in [0.25, 0.3) is 5.91 Å². The topological polar surface area (TPSA) is 74.3 Å². The number of thiophene rings is 1. The van der Waals surface area contributed by atoms with Crippen molar-refractivity contribution in [3.63, 3.8) is 0 Å². The Hall–Kier alpha value is -2.20. The van der Waals surface area contributed by atoms with E-state index < -0.39 is 12.1 Å². The molecule has 2 aromatic heterocycles. The molecule has 1 unspecified atom stereocenters. The van der Waals surface area contributed by atoms with Crippen molar-refractivity contribution in [3.8, 4) is 0 Å². The van der Waals surface area contributed by atoms with Crippen LogP contribution in [-0.4, -0.2) is 53.6 Å². The van der Waals surface area contributed by atoms with E-state index >= 15 is 0 Å². The van der Waals surface area contributed by atoms with E-state index in [-0.39, 0.29) is 23.3 Å². The van der Waals surface area contributed by atoms with E-state index in [9.17, 15) is 22.8 Å². The molecule has 2 bridgehead atoms. The van der Waals surface area contributed by atoms with Gasteiger partial charge in [0.15, 0.2) is 0 Å². The summed E-state index contributed by atoms with van der Waals surface area (Å²) in [7, 11) is 0. The Balaban J connectivity index is 1.53. The number of piperidine rings is 3. The average molecular weight is 398 g/mol. The van der Waals surface area contributed by atoms with E-state index in [2.05, 4.69) is 15.2 Å². The number of halogens is 3. The van der Waals surface area contributed by atoms with Crippen molar-refractivity contribution in [3.05, 3.63) is 23.3 Å². The lowest BCUT2D eigenvalue weighted by Gasteiger charge is -2.44. The van der Waals surface area contributed by atoms with Gasteiger partial charge < -0.3 is 15.5 Å². The molecule has 27 heavy (non-hydrogen) atoms. The number of pyridine rings is 1. The van der Waals surface area contributed by atoms with Crippen molar-refractivity contribution in [1.29, 1.82) is 0 Å². The Morgan fingerprint density at radius 3 is 2.63 bits per heavy atom. The van der Waals surface area contributed by atoms with Crippen molar-refractivity contribution in [1.82, 2.24) is 15.2 Å². The summed E-state index contributed by atoms with van der Waals surface area (Å²) in [6, 6.07) is 1.48. The lowest BCUT2D eigenvalue weighted by Crippen LogP contribution is -2.57. The van der Waals surface area contributed by atoms with Crippen LogP contribution in [0.15, 0.2) is 17.6 Å². The fourth-order valence-corrected chi connectivity index (χ4v) is 4.56. The molecule has 5 heterocycles. The smallest absolute Gasteiger partial charge is 0.346 e. The van der Waals surface area contributed by atoms with Crippen LogP contribution in [0.5, 0.6) is 0 Å². The fourth-order valence-electron chi connectivity index (χ4n) is 3.72. The normalized spacial score (nSPS) is 24.8. The molecule has 2 aromatic rings. The molecule has 0 spiro atoms.